The van der Waals surface area contributed by atoms with Crippen LogP contribution in [-0.4, -0.2) is 18.7 Å². The molecule has 0 aliphatic carbocycles. The molecule has 0 heterocycles. The lowest BCUT2D eigenvalue weighted by atomic mass is 10.4. The molecule has 0 aliphatic rings. The number of carbonyl (C=O) groups is 1. The molecule has 3 N–H and O–H groups in total. The summed E-state index contributed by atoms with van der Waals surface area (Å²) in [6, 6.07) is 0. The zero-order valence-corrected chi connectivity index (χ0v) is 3.69. The van der Waals surface area contributed by atoms with Crippen LogP contribution in [0.4, 0.5) is 4.39 Å². The highest BCUT2D eigenvalue weighted by atomic mass is 19.1. The third-order valence-electron chi connectivity index (χ3n) is 0.509. The van der Waals surface area contributed by atoms with E-state index in [1.165, 1.54) is 0 Å². The van der Waals surface area contributed by atoms with E-state index in [4.69, 9.17) is 0 Å². The molecule has 0 bridgehead atoms. The predicted molar refractivity (Wildman–Crippen MR) is 17.7 cm³/mol. The van der Waals surface area contributed by atoms with Crippen molar-refractivity contribution in [3.8, 4) is 0 Å². The largest absolute Gasteiger partial charge is 0.547 e. The number of halogens is 1. The number of rotatable bonds is 2. The van der Waals surface area contributed by atoms with Crippen molar-refractivity contribution in [2.45, 2.75) is 6.17 Å². The van der Waals surface area contributed by atoms with Crippen LogP contribution in [0.5, 0.6) is 0 Å². The van der Waals surface area contributed by atoms with Gasteiger partial charge >= 0.3 is 0 Å². The third-order valence-corrected chi connectivity index (χ3v) is 0.509. The summed E-state index contributed by atoms with van der Waals surface area (Å²) in [4.78, 5) is 9.40. The monoisotopic (exact) mass is 107 g/mol. The van der Waals surface area contributed by atoms with Gasteiger partial charge in [0.15, 0.2) is 6.17 Å². The molecule has 7 heavy (non-hydrogen) atoms. The Labute approximate surface area is 39.9 Å². The van der Waals surface area contributed by atoms with Crippen LogP contribution in [0.3, 0.4) is 0 Å². The van der Waals surface area contributed by atoms with Gasteiger partial charge in [-0.1, -0.05) is 0 Å². The first-order chi connectivity index (χ1) is 3.18. The lowest BCUT2D eigenvalue weighted by molar-refractivity contribution is -0.386. The Morgan fingerprint density at radius 3 is 2.43 bits per heavy atom. The molecule has 0 aliphatic heterocycles. The van der Waals surface area contributed by atoms with Gasteiger partial charge in [0.25, 0.3) is 0 Å². The van der Waals surface area contributed by atoms with Crippen molar-refractivity contribution in [3.63, 3.8) is 0 Å². The van der Waals surface area contributed by atoms with Crippen LogP contribution < -0.4 is 10.8 Å². The van der Waals surface area contributed by atoms with E-state index in [2.05, 4.69) is 5.73 Å². The fourth-order valence-electron chi connectivity index (χ4n) is 0.118. The Morgan fingerprint density at radius 1 is 2.00 bits per heavy atom. The quantitative estimate of drug-likeness (QED) is 0.417. The normalized spacial score (nSPS) is 13.4. The minimum atomic E-state index is -1.90. The number of hydrogen-bond acceptors (Lipinski definition) is 2. The van der Waals surface area contributed by atoms with Crippen molar-refractivity contribution < 1.29 is 20.0 Å². The Kier molecular flexibility index (Phi) is 2.29. The summed E-state index contributed by atoms with van der Waals surface area (Å²) in [5.74, 6) is -1.69. The zero-order chi connectivity index (χ0) is 5.86. The zero-order valence-electron chi connectivity index (χ0n) is 3.69. The van der Waals surface area contributed by atoms with E-state index in [0.717, 1.165) is 0 Å². The van der Waals surface area contributed by atoms with Crippen molar-refractivity contribution >= 4 is 5.97 Å². The third kappa shape index (κ3) is 2.11. The molecular formula is C3H6FNO2. The molecule has 0 aromatic heterocycles. The van der Waals surface area contributed by atoms with Crippen LogP contribution in [0.1, 0.15) is 0 Å². The van der Waals surface area contributed by atoms with E-state index in [0.29, 0.717) is 0 Å². The lowest BCUT2D eigenvalue weighted by Crippen LogP contribution is -2.58. The van der Waals surface area contributed by atoms with Crippen LogP contribution in [0, 0.1) is 0 Å². The van der Waals surface area contributed by atoms with E-state index >= 15 is 0 Å². The fourth-order valence-corrected chi connectivity index (χ4v) is 0.118. The van der Waals surface area contributed by atoms with Gasteiger partial charge in [-0.2, -0.15) is 0 Å². The van der Waals surface area contributed by atoms with Crippen molar-refractivity contribution in [2.75, 3.05) is 6.54 Å². The smallest absolute Gasteiger partial charge is 0.188 e. The highest BCUT2D eigenvalue weighted by Gasteiger charge is 2.03. The Balaban J connectivity index is 3.34. The van der Waals surface area contributed by atoms with Gasteiger partial charge in [-0.05, 0) is 0 Å². The first-order valence-electron chi connectivity index (χ1n) is 1.82. The van der Waals surface area contributed by atoms with Gasteiger partial charge < -0.3 is 15.6 Å². The van der Waals surface area contributed by atoms with E-state index in [-0.39, 0.29) is 6.54 Å². The van der Waals surface area contributed by atoms with Gasteiger partial charge in [-0.25, -0.2) is 4.39 Å². The summed E-state index contributed by atoms with van der Waals surface area (Å²) in [6.45, 7) is -0.262. The predicted octanol–water partition coefficient (Wildman–Crippen LogP) is -2.68. The van der Waals surface area contributed by atoms with Crippen LogP contribution >= 0.6 is 0 Å². The maximum absolute atomic E-state index is 11.5. The summed E-state index contributed by atoms with van der Waals surface area (Å²) in [5.41, 5.74) is 3.01. The van der Waals surface area contributed by atoms with Crippen LogP contribution in [0.15, 0.2) is 0 Å². The molecule has 0 aromatic rings. The van der Waals surface area contributed by atoms with Gasteiger partial charge in [-0.15, -0.1) is 0 Å². The van der Waals surface area contributed by atoms with Crippen LogP contribution in [-0.2, 0) is 4.79 Å². The lowest BCUT2D eigenvalue weighted by Gasteiger charge is -2.00. The van der Waals surface area contributed by atoms with Crippen LogP contribution in [0.2, 0.25) is 0 Å². The summed E-state index contributed by atoms with van der Waals surface area (Å²) in [7, 11) is 0. The number of carboxylic acids is 1. The Bertz CT molecular complexity index is 75.3. The number of carbonyl (C=O) groups excluding carboxylic acids is 1. The molecule has 0 aromatic carbocycles. The van der Waals surface area contributed by atoms with Crippen molar-refractivity contribution in [1.29, 1.82) is 0 Å². The molecule has 0 unspecified atom stereocenters. The maximum Gasteiger partial charge on any atom is 0.188 e. The molecule has 42 valence electrons. The van der Waals surface area contributed by atoms with Gasteiger partial charge in [0.05, 0.1) is 5.97 Å². The molecule has 4 heteroatoms. The van der Waals surface area contributed by atoms with Gasteiger partial charge in [0.2, 0.25) is 0 Å². The number of aliphatic carboxylic acids is 1. The summed E-state index contributed by atoms with van der Waals surface area (Å²) >= 11 is 0. The summed E-state index contributed by atoms with van der Waals surface area (Å²) in [5, 5.41) is 9.40. The topological polar surface area (TPSA) is 67.8 Å². The first kappa shape index (κ1) is 6.36. The number of carboxylic acid groups (broad SMARTS) is 1. The van der Waals surface area contributed by atoms with E-state index in [1.54, 1.807) is 0 Å². The average molecular weight is 107 g/mol. The van der Waals surface area contributed by atoms with Crippen molar-refractivity contribution in [1.82, 2.24) is 0 Å². The molecule has 0 spiro atoms. The molecule has 0 saturated heterocycles. The highest BCUT2D eigenvalue weighted by Crippen LogP contribution is 1.79. The second kappa shape index (κ2) is 2.52. The molecule has 0 fully saturated rings. The van der Waals surface area contributed by atoms with E-state index in [9.17, 15) is 14.3 Å². The molecule has 0 amide bonds. The average Bonchev–Trinajstić information content (AvgIpc) is 1.65. The number of hydrogen-bond donors (Lipinski definition) is 1. The standard InChI is InChI=1S/C3H6FNO2/c4-2(1-5)3(6)7/h2H,1,5H2,(H,6,7)/t2-/m0/s1. The minimum Gasteiger partial charge on any atom is -0.547 e. The van der Waals surface area contributed by atoms with Gasteiger partial charge in [-0.3, -0.25) is 0 Å². The van der Waals surface area contributed by atoms with Crippen LogP contribution in [0.25, 0.3) is 0 Å². The van der Waals surface area contributed by atoms with Crippen molar-refractivity contribution in [2.24, 2.45) is 0 Å². The Hall–Kier alpha value is -0.640. The first-order valence-corrected chi connectivity index (χ1v) is 1.82. The minimum absolute atomic E-state index is 0.262. The highest BCUT2D eigenvalue weighted by molar-refractivity contribution is 5.69. The van der Waals surface area contributed by atoms with E-state index < -0.39 is 12.1 Å². The molecular weight excluding hydrogens is 101 g/mol. The SMILES string of the molecule is [NH3+]C[C@H](F)C(=O)[O-]. The molecule has 0 radical (unpaired) electrons. The van der Waals surface area contributed by atoms with Gasteiger partial charge in [0, 0.05) is 0 Å². The maximum atomic E-state index is 11.5. The second-order valence-corrected chi connectivity index (χ2v) is 1.08. The number of alkyl halides is 1. The molecule has 0 saturated carbocycles. The molecule has 1 atom stereocenters. The fraction of sp³-hybridized carbons (Fsp3) is 0.667. The summed E-state index contributed by atoms with van der Waals surface area (Å²) < 4.78 is 11.5. The van der Waals surface area contributed by atoms with Gasteiger partial charge in [0.1, 0.15) is 6.54 Å². The van der Waals surface area contributed by atoms with E-state index in [1.807, 2.05) is 0 Å². The second-order valence-electron chi connectivity index (χ2n) is 1.08. The molecule has 3 nitrogen and oxygen atoms in total. The molecule has 0 rings (SSSR count). The number of quaternary nitrogens is 1. The Morgan fingerprint density at radius 2 is 2.43 bits per heavy atom. The van der Waals surface area contributed by atoms with Crippen molar-refractivity contribution in [3.05, 3.63) is 0 Å². The summed E-state index contributed by atoms with van der Waals surface area (Å²) in [6.07, 6.45) is -1.90.